The van der Waals surface area contributed by atoms with Crippen molar-refractivity contribution in [1.82, 2.24) is 15.0 Å². The van der Waals surface area contributed by atoms with Gasteiger partial charge in [-0.1, -0.05) is 202 Å². The first-order chi connectivity index (χ1) is 32.7. The largest absolute Gasteiger partial charge is 0.218 e. The molecule has 67 heavy (non-hydrogen) atoms. The van der Waals surface area contributed by atoms with Crippen LogP contribution in [-0.2, 0) is 20.7 Å². The van der Waals surface area contributed by atoms with E-state index in [0.717, 1.165) is 83.5 Å². The lowest BCUT2D eigenvalue weighted by atomic mass is 9.62. The third-order valence-corrected chi connectivity index (χ3v) is 16.2. The molecule has 9 aromatic carbocycles. The number of rotatable bonds is 4. The molecule has 5 nitrogen and oxygen atoms in total. The van der Waals surface area contributed by atoms with E-state index in [0.29, 0.717) is 32.8 Å². The van der Waals surface area contributed by atoms with E-state index in [1.807, 2.05) is 72.8 Å². The highest BCUT2D eigenvalue weighted by Crippen LogP contribution is 2.62. The van der Waals surface area contributed by atoms with Gasteiger partial charge in [-0.05, 0) is 102 Å². The molecule has 0 bridgehead atoms. The molecule has 10 aromatic rings. The Balaban J connectivity index is 1.13. The fraction of sp³-hybridized carbons (Fsp3) is 0.0656. The highest BCUT2D eigenvalue weighted by molar-refractivity contribution is 7.91. The maximum Gasteiger partial charge on any atom is 0.207 e. The van der Waals surface area contributed by atoms with E-state index in [4.69, 9.17) is 15.0 Å². The minimum absolute atomic E-state index is 0.306. The zero-order valence-corrected chi connectivity index (χ0v) is 37.6. The average molecular weight is 880 g/mol. The topological polar surface area (TPSA) is 72.8 Å². The van der Waals surface area contributed by atoms with Crippen molar-refractivity contribution in [1.29, 1.82) is 0 Å². The molecular formula is C61H41N3O2S. The monoisotopic (exact) mass is 879 g/mol. The van der Waals surface area contributed by atoms with Crippen molar-refractivity contribution < 1.29 is 8.42 Å². The van der Waals surface area contributed by atoms with Gasteiger partial charge < -0.3 is 0 Å². The number of hydrogen-bond donors (Lipinski definition) is 0. The minimum Gasteiger partial charge on any atom is -0.218 e. The summed E-state index contributed by atoms with van der Waals surface area (Å²) < 4.78 is 30.9. The molecule has 2 heterocycles. The van der Waals surface area contributed by atoms with Crippen molar-refractivity contribution in [2.45, 2.75) is 34.5 Å². The Morgan fingerprint density at radius 3 is 1.42 bits per heavy atom. The van der Waals surface area contributed by atoms with Crippen LogP contribution in [0.4, 0.5) is 0 Å². The van der Waals surface area contributed by atoms with E-state index in [9.17, 15) is 0 Å². The summed E-state index contributed by atoms with van der Waals surface area (Å²) in [6.07, 6.45) is 0. The lowest BCUT2D eigenvalue weighted by molar-refractivity contribution is 0.577. The summed E-state index contributed by atoms with van der Waals surface area (Å²) in [4.78, 5) is 16.3. The predicted octanol–water partition coefficient (Wildman–Crippen LogP) is 14.0. The Hall–Kier alpha value is -8.06. The van der Waals surface area contributed by atoms with Gasteiger partial charge in [0.15, 0.2) is 17.5 Å². The molecule has 0 saturated carbocycles. The van der Waals surface area contributed by atoms with Crippen molar-refractivity contribution >= 4 is 9.84 Å². The molecule has 318 valence electrons. The van der Waals surface area contributed by atoms with Gasteiger partial charge in [-0.25, -0.2) is 23.4 Å². The lowest BCUT2D eigenvalue weighted by Crippen LogP contribution is -2.38. The third-order valence-electron chi connectivity index (χ3n) is 14.4. The number of aromatic nitrogens is 3. The van der Waals surface area contributed by atoms with Crippen molar-refractivity contribution in [3.05, 3.63) is 246 Å². The Kier molecular flexibility index (Phi) is 8.49. The summed E-state index contributed by atoms with van der Waals surface area (Å²) >= 11 is 0. The molecule has 0 N–H and O–H groups in total. The molecule has 13 rings (SSSR count). The SMILES string of the molecule is CC1(C)c2ccccc2-c2cc3c(cc21)S(=O)(=O)c1ccccc1C31c2ccccc2-c2ccccc2-c2ccc(-c3nc(-c4ccccc4)nc(-c4ccc(-c5ccccc5)cc4)n3)cc21. The van der Waals surface area contributed by atoms with E-state index < -0.39 is 20.7 Å². The second-order valence-electron chi connectivity index (χ2n) is 18.3. The molecule has 2 aliphatic carbocycles. The van der Waals surface area contributed by atoms with Crippen LogP contribution in [0, 0.1) is 0 Å². The van der Waals surface area contributed by atoms with Crippen molar-refractivity contribution in [2.24, 2.45) is 0 Å². The first-order valence-corrected chi connectivity index (χ1v) is 24.2. The van der Waals surface area contributed by atoms with E-state index >= 15 is 8.42 Å². The van der Waals surface area contributed by atoms with Crippen LogP contribution in [0.15, 0.2) is 222 Å². The first kappa shape index (κ1) is 39.3. The first-order valence-electron chi connectivity index (χ1n) is 22.7. The Morgan fingerprint density at radius 2 is 0.761 bits per heavy atom. The normalized spacial score (nSPS) is 16.3. The molecule has 0 radical (unpaired) electrons. The highest BCUT2D eigenvalue weighted by atomic mass is 32.2. The standard InChI is InChI=1S/C61H41N3O2S/c1-60(2)49-25-13-11-24-46(49)48-36-54-56(37-52(48)60)67(65,66)55-28-16-15-27-51(55)61(54)50-26-14-12-23-45(50)43-21-9-10-22-44(43)47-34-33-42(35-53(47)61)59-63-57(40-19-7-4-8-20-40)62-58(64-59)41-31-29-39(30-32-41)38-17-5-3-6-18-38/h3-37H,1-2H3. The zero-order valence-electron chi connectivity index (χ0n) is 36.8. The minimum atomic E-state index is -4.01. The maximum absolute atomic E-state index is 15.4. The summed E-state index contributed by atoms with van der Waals surface area (Å²) in [7, 11) is -4.01. The molecule has 1 aliphatic heterocycles. The smallest absolute Gasteiger partial charge is 0.207 e. The Labute approximate surface area is 390 Å². The van der Waals surface area contributed by atoms with Gasteiger partial charge in [-0.3, -0.25) is 0 Å². The molecule has 3 aliphatic rings. The van der Waals surface area contributed by atoms with Gasteiger partial charge >= 0.3 is 0 Å². The highest BCUT2D eigenvalue weighted by Gasteiger charge is 2.53. The van der Waals surface area contributed by atoms with Crippen LogP contribution in [0.3, 0.4) is 0 Å². The fourth-order valence-corrected chi connectivity index (χ4v) is 13.0. The number of fused-ring (bicyclic) bond motifs is 14. The Bertz CT molecular complexity index is 3790. The van der Waals surface area contributed by atoms with Crippen LogP contribution in [0.25, 0.3) is 78.7 Å². The van der Waals surface area contributed by atoms with Crippen LogP contribution in [-0.4, -0.2) is 23.4 Å². The molecule has 1 spiro atoms. The van der Waals surface area contributed by atoms with Gasteiger partial charge in [-0.15, -0.1) is 0 Å². The average Bonchev–Trinajstić information content (AvgIpc) is 3.54. The molecular weight excluding hydrogens is 839 g/mol. The predicted molar refractivity (Wildman–Crippen MR) is 267 cm³/mol. The van der Waals surface area contributed by atoms with E-state index in [-0.39, 0.29) is 0 Å². The third kappa shape index (κ3) is 5.66. The molecule has 0 amide bonds. The van der Waals surface area contributed by atoms with E-state index in [2.05, 4.69) is 147 Å². The maximum atomic E-state index is 15.4. The fourth-order valence-electron chi connectivity index (χ4n) is 11.3. The molecule has 0 fully saturated rings. The summed E-state index contributed by atoms with van der Waals surface area (Å²) in [6.45, 7) is 4.40. The van der Waals surface area contributed by atoms with Crippen molar-refractivity contribution in [2.75, 3.05) is 0 Å². The molecule has 1 aromatic heterocycles. The van der Waals surface area contributed by atoms with Gasteiger partial charge in [0.25, 0.3) is 0 Å². The van der Waals surface area contributed by atoms with Gasteiger partial charge in [0.05, 0.1) is 15.2 Å². The Morgan fingerprint density at radius 1 is 0.313 bits per heavy atom. The number of sulfone groups is 1. The van der Waals surface area contributed by atoms with Crippen LogP contribution in [0.1, 0.15) is 47.2 Å². The second-order valence-corrected chi connectivity index (χ2v) is 20.2. The number of benzene rings is 9. The van der Waals surface area contributed by atoms with Crippen LogP contribution in [0.2, 0.25) is 0 Å². The second kappa shape index (κ2) is 14.5. The number of hydrogen-bond acceptors (Lipinski definition) is 5. The summed E-state index contributed by atoms with van der Waals surface area (Å²) in [5.74, 6) is 1.63. The van der Waals surface area contributed by atoms with E-state index in [1.54, 1.807) is 6.07 Å². The van der Waals surface area contributed by atoms with Gasteiger partial charge in [-0.2, -0.15) is 0 Å². The van der Waals surface area contributed by atoms with Crippen molar-refractivity contribution in [3.63, 3.8) is 0 Å². The molecule has 1 unspecified atom stereocenters. The van der Waals surface area contributed by atoms with Crippen LogP contribution >= 0.6 is 0 Å². The molecule has 6 heteroatoms. The van der Waals surface area contributed by atoms with Crippen LogP contribution in [0.5, 0.6) is 0 Å². The lowest BCUT2D eigenvalue weighted by Gasteiger charge is -2.43. The summed E-state index contributed by atoms with van der Waals surface area (Å²) in [5.41, 5.74) is 15.2. The zero-order chi connectivity index (χ0) is 45.1. The summed E-state index contributed by atoms with van der Waals surface area (Å²) in [5, 5.41) is 0. The number of nitrogens with zero attached hydrogens (tertiary/aromatic N) is 3. The molecule has 1 atom stereocenters. The van der Waals surface area contributed by atoms with Gasteiger partial charge in [0.2, 0.25) is 9.84 Å². The van der Waals surface area contributed by atoms with Gasteiger partial charge in [0, 0.05) is 22.1 Å². The summed E-state index contributed by atoms with van der Waals surface area (Å²) in [6, 6.07) is 72.7. The quantitative estimate of drug-likeness (QED) is 0.176. The molecule has 0 saturated heterocycles. The van der Waals surface area contributed by atoms with Crippen LogP contribution < -0.4 is 0 Å². The van der Waals surface area contributed by atoms with Crippen molar-refractivity contribution in [3.8, 4) is 78.7 Å². The van der Waals surface area contributed by atoms with E-state index in [1.165, 1.54) is 5.56 Å². The van der Waals surface area contributed by atoms with Gasteiger partial charge in [0.1, 0.15) is 0 Å².